The zero-order valence-electron chi connectivity index (χ0n) is 25.4. The molecule has 0 radical (unpaired) electrons. The number of likely N-dealkylation sites (tertiary alicyclic amines) is 2. The maximum absolute atomic E-state index is 12.9. The van der Waals surface area contributed by atoms with Gasteiger partial charge in [0.25, 0.3) is 0 Å². The molecule has 0 bridgehead atoms. The van der Waals surface area contributed by atoms with Crippen LogP contribution in [0, 0.1) is 0 Å². The Morgan fingerprint density at radius 3 is 2.64 bits per heavy atom. The molecule has 2 aromatic rings. The van der Waals surface area contributed by atoms with Gasteiger partial charge < -0.3 is 34.8 Å². The van der Waals surface area contributed by atoms with Crippen molar-refractivity contribution in [3.05, 3.63) is 30.0 Å². The highest BCUT2D eigenvalue weighted by atomic mass is 16.6. The Labute approximate surface area is 248 Å². The normalized spacial score (nSPS) is 22.0. The molecule has 5 rings (SSSR count). The molecule has 0 saturated carbocycles. The molecule has 3 aliphatic heterocycles. The van der Waals surface area contributed by atoms with E-state index in [2.05, 4.69) is 29.6 Å². The Morgan fingerprint density at radius 1 is 1.14 bits per heavy atom. The second-order valence-electron chi connectivity index (χ2n) is 12.2. The van der Waals surface area contributed by atoms with Gasteiger partial charge in [0, 0.05) is 62.9 Å². The highest BCUT2D eigenvalue weighted by Gasteiger charge is 2.31. The summed E-state index contributed by atoms with van der Waals surface area (Å²) in [7, 11) is 3.92. The van der Waals surface area contributed by atoms with Gasteiger partial charge in [-0.3, -0.25) is 4.79 Å². The third-order valence-electron chi connectivity index (χ3n) is 8.20. The Balaban J connectivity index is 1.15. The lowest BCUT2D eigenvalue weighted by atomic mass is 10.1. The summed E-state index contributed by atoms with van der Waals surface area (Å²) in [5.41, 5.74) is 1.90. The summed E-state index contributed by atoms with van der Waals surface area (Å²) in [6, 6.07) is 2.12. The summed E-state index contributed by atoms with van der Waals surface area (Å²) in [6.07, 6.45) is 9.22. The summed E-state index contributed by atoms with van der Waals surface area (Å²) < 4.78 is 14.0. The smallest absolute Gasteiger partial charge is 0.410 e. The van der Waals surface area contributed by atoms with Gasteiger partial charge in [-0.05, 0) is 52.2 Å². The molecule has 12 heteroatoms. The molecule has 230 valence electrons. The summed E-state index contributed by atoms with van der Waals surface area (Å²) in [4.78, 5) is 35.7. The van der Waals surface area contributed by atoms with E-state index in [0.717, 1.165) is 55.8 Å². The summed E-state index contributed by atoms with van der Waals surface area (Å²) in [5, 5.41) is 11.7. The van der Waals surface area contributed by atoms with Crippen LogP contribution in [0.4, 0.5) is 10.6 Å². The molecule has 0 spiro atoms. The average Bonchev–Trinajstić information content (AvgIpc) is 3.61. The van der Waals surface area contributed by atoms with Gasteiger partial charge in [0.15, 0.2) is 5.65 Å². The minimum absolute atomic E-state index is 0.0332. The quantitative estimate of drug-likeness (QED) is 0.431. The van der Waals surface area contributed by atoms with E-state index in [1.165, 1.54) is 0 Å². The van der Waals surface area contributed by atoms with Gasteiger partial charge in [0.1, 0.15) is 18.0 Å². The first kappa shape index (κ1) is 30.1. The number of likely N-dealkylation sites (N-methyl/N-ethyl adjacent to an activating group) is 1. The van der Waals surface area contributed by atoms with Crippen molar-refractivity contribution in [3.8, 4) is 5.88 Å². The van der Waals surface area contributed by atoms with Crippen LogP contribution in [0.15, 0.2) is 24.4 Å². The molecule has 2 amide bonds. The van der Waals surface area contributed by atoms with Crippen LogP contribution in [0.1, 0.15) is 57.4 Å². The van der Waals surface area contributed by atoms with Crippen molar-refractivity contribution >= 4 is 23.5 Å². The summed E-state index contributed by atoms with van der Waals surface area (Å²) >= 11 is 0. The number of piperidine rings is 2. The van der Waals surface area contributed by atoms with Gasteiger partial charge in [-0.15, -0.1) is 0 Å². The molecule has 3 aliphatic rings. The molecule has 3 fully saturated rings. The molecule has 42 heavy (non-hydrogen) atoms. The van der Waals surface area contributed by atoms with Crippen molar-refractivity contribution in [1.82, 2.24) is 34.6 Å². The van der Waals surface area contributed by atoms with Gasteiger partial charge in [-0.2, -0.15) is 14.6 Å². The number of carbonyl (C=O) groups is 2. The van der Waals surface area contributed by atoms with Gasteiger partial charge in [-0.25, -0.2) is 4.79 Å². The van der Waals surface area contributed by atoms with E-state index in [1.54, 1.807) is 15.9 Å². The molecular formula is C30H46N8O4. The molecule has 5 heterocycles. The van der Waals surface area contributed by atoms with E-state index < -0.39 is 0 Å². The first-order valence-electron chi connectivity index (χ1n) is 15.3. The molecule has 2 atom stereocenters. The van der Waals surface area contributed by atoms with E-state index in [0.29, 0.717) is 45.0 Å². The summed E-state index contributed by atoms with van der Waals surface area (Å²) in [5.74, 6) is 1.71. The predicted molar refractivity (Wildman–Crippen MR) is 161 cm³/mol. The summed E-state index contributed by atoms with van der Waals surface area (Å²) in [6.45, 7) is 9.08. The van der Waals surface area contributed by atoms with Crippen molar-refractivity contribution in [2.24, 2.45) is 0 Å². The second-order valence-corrected chi connectivity index (χ2v) is 12.2. The topological polar surface area (TPSA) is 117 Å². The number of carbonyl (C=O) groups excluding carboxylic acids is 2. The number of amides is 2. The third-order valence-corrected chi connectivity index (χ3v) is 8.20. The Bertz CT molecular complexity index is 1250. The van der Waals surface area contributed by atoms with Crippen LogP contribution >= 0.6 is 0 Å². The van der Waals surface area contributed by atoms with Crippen molar-refractivity contribution < 1.29 is 19.1 Å². The van der Waals surface area contributed by atoms with Crippen LogP contribution in [-0.2, 0) is 9.53 Å². The van der Waals surface area contributed by atoms with Crippen LogP contribution in [0.2, 0.25) is 0 Å². The number of anilines is 1. The van der Waals surface area contributed by atoms with E-state index in [-0.39, 0.29) is 36.2 Å². The lowest BCUT2D eigenvalue weighted by molar-refractivity contribution is -0.125. The van der Waals surface area contributed by atoms with Crippen molar-refractivity contribution in [2.45, 2.75) is 70.1 Å². The van der Waals surface area contributed by atoms with E-state index in [9.17, 15) is 9.59 Å². The molecule has 0 unspecified atom stereocenters. The van der Waals surface area contributed by atoms with Crippen LogP contribution in [0.5, 0.6) is 5.88 Å². The number of aromatic nitrogens is 3. The fourth-order valence-electron chi connectivity index (χ4n) is 5.75. The molecule has 3 saturated heterocycles. The highest BCUT2D eigenvalue weighted by molar-refractivity contribution is 5.87. The molecule has 2 aromatic heterocycles. The zero-order chi connectivity index (χ0) is 29.6. The lowest BCUT2D eigenvalue weighted by Gasteiger charge is -2.33. The number of ether oxygens (including phenoxy) is 2. The van der Waals surface area contributed by atoms with Crippen LogP contribution in [0.25, 0.3) is 5.65 Å². The second kappa shape index (κ2) is 13.7. The fraction of sp³-hybridized carbons (Fsp3) is 0.667. The zero-order valence-corrected chi connectivity index (χ0v) is 25.4. The standard InChI is InChI=1S/C30H46N8O4/c1-21(2)25-19-32-38-26(17-27(34-29(25)38)41-23-7-5-12-31-18-23)33-22-9-14-36(15-10-22)30(40)42-24-11-16-37(20-24)28(39)8-6-13-35(3)4/h6,8,17,19,21-24,31,33H,5,7,9-16,18,20H2,1-4H3/b8-6+/t23-,24+/m1/s1. The number of fused-ring (bicyclic) bond motifs is 1. The Hall–Kier alpha value is -3.38. The first-order chi connectivity index (χ1) is 20.3. The molecule has 12 nitrogen and oxygen atoms in total. The predicted octanol–water partition coefficient (Wildman–Crippen LogP) is 2.72. The number of hydrogen-bond donors (Lipinski definition) is 2. The Morgan fingerprint density at radius 2 is 1.93 bits per heavy atom. The van der Waals surface area contributed by atoms with Gasteiger partial charge in [0.05, 0.1) is 12.7 Å². The van der Waals surface area contributed by atoms with Crippen LogP contribution < -0.4 is 15.4 Å². The molecule has 0 aliphatic carbocycles. The highest BCUT2D eigenvalue weighted by Crippen LogP contribution is 2.28. The van der Waals surface area contributed by atoms with Gasteiger partial charge in [0.2, 0.25) is 11.8 Å². The average molecular weight is 583 g/mol. The van der Waals surface area contributed by atoms with Crippen molar-refractivity contribution in [3.63, 3.8) is 0 Å². The number of rotatable bonds is 9. The maximum atomic E-state index is 12.9. The van der Waals surface area contributed by atoms with Gasteiger partial charge >= 0.3 is 6.09 Å². The van der Waals surface area contributed by atoms with Crippen molar-refractivity contribution in [1.29, 1.82) is 0 Å². The van der Waals surface area contributed by atoms with E-state index in [4.69, 9.17) is 14.5 Å². The first-order valence-corrected chi connectivity index (χ1v) is 15.3. The van der Waals surface area contributed by atoms with E-state index in [1.807, 2.05) is 41.8 Å². The number of nitrogens with zero attached hydrogens (tertiary/aromatic N) is 6. The monoisotopic (exact) mass is 582 g/mol. The number of hydrogen-bond acceptors (Lipinski definition) is 9. The van der Waals surface area contributed by atoms with Crippen LogP contribution in [0.3, 0.4) is 0 Å². The maximum Gasteiger partial charge on any atom is 0.410 e. The fourth-order valence-corrected chi connectivity index (χ4v) is 5.75. The lowest BCUT2D eigenvalue weighted by Crippen LogP contribution is -2.44. The van der Waals surface area contributed by atoms with E-state index >= 15 is 0 Å². The van der Waals surface area contributed by atoms with Crippen molar-refractivity contribution in [2.75, 3.05) is 65.2 Å². The molecule has 2 N–H and O–H groups in total. The minimum Gasteiger partial charge on any atom is -0.473 e. The minimum atomic E-state index is -0.298. The largest absolute Gasteiger partial charge is 0.473 e. The molecular weight excluding hydrogens is 536 g/mol. The van der Waals surface area contributed by atoms with Gasteiger partial charge in [-0.1, -0.05) is 19.9 Å². The third kappa shape index (κ3) is 7.52. The Kier molecular flexibility index (Phi) is 9.84. The molecule has 0 aromatic carbocycles. The SMILES string of the molecule is CC(C)c1cnn2c(NC3CCN(C(=O)O[C@H]4CCN(C(=O)/C=C/CN(C)C)C4)CC3)cc(O[C@@H]3CCCNC3)nc12. The van der Waals surface area contributed by atoms with Crippen LogP contribution in [-0.4, -0.2) is 119 Å². The number of nitrogens with one attached hydrogen (secondary N) is 2.